The molecular weight excluding hydrogens is 359 g/mol. The van der Waals surface area contributed by atoms with Gasteiger partial charge >= 0.3 is 0 Å². The van der Waals surface area contributed by atoms with Crippen LogP contribution in [0.25, 0.3) is 0 Å². The number of rotatable bonds is 4. The zero-order chi connectivity index (χ0) is 15.6. The summed E-state index contributed by atoms with van der Waals surface area (Å²) in [6, 6.07) is 2.92. The lowest BCUT2D eigenvalue weighted by molar-refractivity contribution is 0.423. The standard InChI is InChI=1S/C14H18BrFN2O2S/c1-10-4-3-5-18(9-10)21(19,20)13-7-12(15)6-11(8-17-2)14(13)16/h4,6-7,17H,3,5,8-9H2,1-2H3. The summed E-state index contributed by atoms with van der Waals surface area (Å²) in [5.41, 5.74) is 1.31. The lowest BCUT2D eigenvalue weighted by Crippen LogP contribution is -2.36. The maximum Gasteiger partial charge on any atom is 0.246 e. The highest BCUT2D eigenvalue weighted by molar-refractivity contribution is 9.10. The van der Waals surface area contributed by atoms with Gasteiger partial charge in [0.15, 0.2) is 0 Å². The van der Waals surface area contributed by atoms with E-state index >= 15 is 0 Å². The lowest BCUT2D eigenvalue weighted by Gasteiger charge is -2.26. The van der Waals surface area contributed by atoms with Crippen LogP contribution < -0.4 is 5.32 Å². The van der Waals surface area contributed by atoms with Crippen molar-refractivity contribution in [1.29, 1.82) is 0 Å². The molecule has 1 aliphatic rings. The van der Waals surface area contributed by atoms with E-state index in [0.29, 0.717) is 29.5 Å². The SMILES string of the molecule is CNCc1cc(Br)cc(S(=O)(=O)N2CCC=C(C)C2)c1F. The summed E-state index contributed by atoms with van der Waals surface area (Å²) in [7, 11) is -2.14. The van der Waals surface area contributed by atoms with Crippen molar-refractivity contribution in [3.63, 3.8) is 0 Å². The number of halogens is 2. The van der Waals surface area contributed by atoms with Crippen molar-refractivity contribution in [3.05, 3.63) is 39.6 Å². The molecule has 0 atom stereocenters. The molecule has 0 bridgehead atoms. The van der Waals surface area contributed by atoms with Gasteiger partial charge in [-0.05, 0) is 32.5 Å². The predicted molar refractivity (Wildman–Crippen MR) is 84.0 cm³/mol. The fourth-order valence-electron chi connectivity index (χ4n) is 2.35. The predicted octanol–water partition coefficient (Wildman–Crippen LogP) is 2.65. The molecule has 21 heavy (non-hydrogen) atoms. The molecule has 0 saturated heterocycles. The monoisotopic (exact) mass is 376 g/mol. The summed E-state index contributed by atoms with van der Waals surface area (Å²) >= 11 is 3.26. The molecule has 2 rings (SSSR count). The molecule has 1 aromatic carbocycles. The number of hydrogen-bond acceptors (Lipinski definition) is 3. The van der Waals surface area contributed by atoms with Crippen molar-refractivity contribution in [2.45, 2.75) is 24.8 Å². The maximum absolute atomic E-state index is 14.5. The Balaban J connectivity index is 2.47. The molecule has 0 saturated carbocycles. The summed E-state index contributed by atoms with van der Waals surface area (Å²) in [5, 5.41) is 2.84. The molecule has 0 spiro atoms. The van der Waals surface area contributed by atoms with E-state index in [1.165, 1.54) is 10.4 Å². The third-order valence-electron chi connectivity index (χ3n) is 3.36. The topological polar surface area (TPSA) is 49.4 Å². The number of hydrogen-bond donors (Lipinski definition) is 1. The quantitative estimate of drug-likeness (QED) is 0.821. The molecule has 0 fully saturated rings. The summed E-state index contributed by atoms with van der Waals surface area (Å²) in [4.78, 5) is -0.267. The number of nitrogens with zero attached hydrogens (tertiary/aromatic N) is 1. The van der Waals surface area contributed by atoms with Gasteiger partial charge in [-0.15, -0.1) is 0 Å². The van der Waals surface area contributed by atoms with Gasteiger partial charge in [0, 0.05) is 29.7 Å². The third-order valence-corrected chi connectivity index (χ3v) is 5.66. The number of sulfonamides is 1. The van der Waals surface area contributed by atoms with Crippen LogP contribution in [-0.4, -0.2) is 32.9 Å². The molecule has 1 N–H and O–H groups in total. The number of nitrogens with one attached hydrogen (secondary N) is 1. The summed E-state index contributed by atoms with van der Waals surface area (Å²) in [5.74, 6) is -0.681. The van der Waals surface area contributed by atoms with Gasteiger partial charge in [0.1, 0.15) is 10.7 Å². The molecule has 0 aliphatic carbocycles. The van der Waals surface area contributed by atoms with Crippen LogP contribution in [0.2, 0.25) is 0 Å². The molecule has 0 unspecified atom stereocenters. The van der Waals surface area contributed by atoms with Crippen molar-refractivity contribution in [2.75, 3.05) is 20.1 Å². The summed E-state index contributed by atoms with van der Waals surface area (Å²) < 4.78 is 41.7. The highest BCUT2D eigenvalue weighted by Crippen LogP contribution is 2.28. The third kappa shape index (κ3) is 3.53. The Morgan fingerprint density at radius 3 is 2.76 bits per heavy atom. The van der Waals surface area contributed by atoms with Gasteiger partial charge in [0.2, 0.25) is 10.0 Å². The fraction of sp³-hybridized carbons (Fsp3) is 0.429. The van der Waals surface area contributed by atoms with E-state index in [1.54, 1.807) is 13.1 Å². The first-order valence-electron chi connectivity index (χ1n) is 6.64. The van der Waals surface area contributed by atoms with Gasteiger partial charge in [-0.1, -0.05) is 27.6 Å². The van der Waals surface area contributed by atoms with E-state index < -0.39 is 15.8 Å². The van der Waals surface area contributed by atoms with Crippen molar-refractivity contribution < 1.29 is 12.8 Å². The Morgan fingerprint density at radius 1 is 1.43 bits per heavy atom. The normalized spacial score (nSPS) is 16.9. The van der Waals surface area contributed by atoms with Crippen LogP contribution in [0.5, 0.6) is 0 Å². The smallest absolute Gasteiger partial charge is 0.246 e. The minimum absolute atomic E-state index is 0.267. The molecule has 0 amide bonds. The van der Waals surface area contributed by atoms with Gasteiger partial charge in [0.25, 0.3) is 0 Å². The summed E-state index contributed by atoms with van der Waals surface area (Å²) in [6.45, 7) is 2.85. The largest absolute Gasteiger partial charge is 0.316 e. The molecule has 7 heteroatoms. The maximum atomic E-state index is 14.5. The molecule has 116 valence electrons. The average molecular weight is 377 g/mol. The van der Waals surface area contributed by atoms with Crippen LogP contribution >= 0.6 is 15.9 Å². The second kappa shape index (κ2) is 6.56. The molecule has 0 aromatic heterocycles. The van der Waals surface area contributed by atoms with Crippen LogP contribution in [-0.2, 0) is 16.6 Å². The minimum atomic E-state index is -3.83. The van der Waals surface area contributed by atoms with Crippen LogP contribution in [0, 0.1) is 5.82 Å². The minimum Gasteiger partial charge on any atom is -0.316 e. The first-order valence-corrected chi connectivity index (χ1v) is 8.88. The Kier molecular flexibility index (Phi) is 5.19. The fourth-order valence-corrected chi connectivity index (χ4v) is 4.63. The zero-order valence-electron chi connectivity index (χ0n) is 12.0. The first kappa shape index (κ1) is 16.6. The van der Waals surface area contributed by atoms with E-state index in [2.05, 4.69) is 21.2 Å². The second-order valence-corrected chi connectivity index (χ2v) is 7.91. The number of benzene rings is 1. The van der Waals surface area contributed by atoms with Crippen LogP contribution in [0.1, 0.15) is 18.9 Å². The van der Waals surface area contributed by atoms with Crippen molar-refractivity contribution in [2.24, 2.45) is 0 Å². The molecule has 1 aromatic rings. The van der Waals surface area contributed by atoms with Gasteiger partial charge in [-0.3, -0.25) is 0 Å². The average Bonchev–Trinajstić information content (AvgIpc) is 2.42. The summed E-state index contributed by atoms with van der Waals surface area (Å²) in [6.07, 6.45) is 2.67. The molecule has 1 heterocycles. The van der Waals surface area contributed by atoms with Gasteiger partial charge < -0.3 is 5.32 Å². The van der Waals surface area contributed by atoms with Gasteiger partial charge in [-0.25, -0.2) is 12.8 Å². The Morgan fingerprint density at radius 2 is 2.14 bits per heavy atom. The van der Waals surface area contributed by atoms with E-state index in [1.807, 2.05) is 13.0 Å². The molecule has 1 aliphatic heterocycles. The highest BCUT2D eigenvalue weighted by Gasteiger charge is 2.30. The zero-order valence-corrected chi connectivity index (χ0v) is 14.4. The Bertz CT molecular complexity index is 674. The van der Waals surface area contributed by atoms with Gasteiger partial charge in [-0.2, -0.15) is 4.31 Å². The first-order chi connectivity index (χ1) is 9.86. The van der Waals surface area contributed by atoms with E-state index in [-0.39, 0.29) is 11.4 Å². The van der Waals surface area contributed by atoms with E-state index in [4.69, 9.17) is 0 Å². The van der Waals surface area contributed by atoms with Gasteiger partial charge in [0.05, 0.1) is 0 Å². The van der Waals surface area contributed by atoms with E-state index in [0.717, 1.165) is 5.57 Å². The molecule has 4 nitrogen and oxygen atoms in total. The Hall–Kier alpha value is -0.760. The van der Waals surface area contributed by atoms with Crippen LogP contribution in [0.4, 0.5) is 4.39 Å². The van der Waals surface area contributed by atoms with Crippen LogP contribution in [0.15, 0.2) is 33.2 Å². The highest BCUT2D eigenvalue weighted by atomic mass is 79.9. The molecular formula is C14H18BrFN2O2S. The lowest BCUT2D eigenvalue weighted by atomic mass is 10.2. The van der Waals surface area contributed by atoms with Crippen molar-refractivity contribution in [3.8, 4) is 0 Å². The van der Waals surface area contributed by atoms with Crippen LogP contribution in [0.3, 0.4) is 0 Å². The Labute approximate surface area is 133 Å². The van der Waals surface area contributed by atoms with E-state index in [9.17, 15) is 12.8 Å². The second-order valence-electron chi connectivity index (χ2n) is 5.09. The van der Waals surface area contributed by atoms with Crippen molar-refractivity contribution >= 4 is 26.0 Å². The van der Waals surface area contributed by atoms with Crippen molar-refractivity contribution in [1.82, 2.24) is 9.62 Å². The molecule has 0 radical (unpaired) electrons.